The van der Waals surface area contributed by atoms with Crippen LogP contribution in [0.2, 0.25) is 10.0 Å². The minimum atomic E-state index is 0.0761. The van der Waals surface area contributed by atoms with Crippen molar-refractivity contribution in [2.45, 2.75) is 12.2 Å². The highest BCUT2D eigenvalue weighted by Crippen LogP contribution is 2.27. The normalized spacial score (nSPS) is 13.9. The van der Waals surface area contributed by atoms with E-state index in [0.717, 1.165) is 16.3 Å². The third-order valence-corrected chi connectivity index (χ3v) is 5.32. The van der Waals surface area contributed by atoms with Crippen molar-refractivity contribution in [2.24, 2.45) is 4.99 Å². The molecule has 0 N–H and O–H groups in total. The zero-order valence-corrected chi connectivity index (χ0v) is 15.2. The van der Waals surface area contributed by atoms with Gasteiger partial charge in [-0.2, -0.15) is 0 Å². The van der Waals surface area contributed by atoms with E-state index in [9.17, 15) is 4.79 Å². The Morgan fingerprint density at radius 1 is 1.17 bits per heavy atom. The summed E-state index contributed by atoms with van der Waals surface area (Å²) in [5, 5.41) is 2.02. The molecule has 1 heterocycles. The predicted octanol–water partition coefficient (Wildman–Crippen LogP) is 4.67. The highest BCUT2D eigenvalue weighted by Gasteiger charge is 2.24. The van der Waals surface area contributed by atoms with E-state index in [2.05, 4.69) is 4.99 Å². The third kappa shape index (κ3) is 4.32. The maximum atomic E-state index is 12.5. The summed E-state index contributed by atoms with van der Waals surface area (Å²) in [6.45, 7) is 1.29. The number of hydrogen-bond donors (Lipinski definition) is 0. The van der Waals surface area contributed by atoms with E-state index in [4.69, 9.17) is 23.2 Å². The van der Waals surface area contributed by atoms with Gasteiger partial charge in [0.2, 0.25) is 5.91 Å². The standard InChI is InChI=1S/C18H16Cl2N2OS/c19-15-7-6-14(16(20)11-15)12-24-18-21-8-9-22(18)17(23)10-13-4-2-1-3-5-13/h1-7,11H,8-10,12H2. The van der Waals surface area contributed by atoms with Crippen LogP contribution in [0, 0.1) is 0 Å². The van der Waals surface area contributed by atoms with Crippen molar-refractivity contribution in [1.29, 1.82) is 0 Å². The van der Waals surface area contributed by atoms with Gasteiger partial charge in [-0.3, -0.25) is 14.7 Å². The Balaban J connectivity index is 1.62. The van der Waals surface area contributed by atoms with Gasteiger partial charge in [-0.15, -0.1) is 0 Å². The first-order valence-corrected chi connectivity index (χ1v) is 9.33. The van der Waals surface area contributed by atoms with Crippen LogP contribution in [0.3, 0.4) is 0 Å². The number of carbonyl (C=O) groups excluding carboxylic acids is 1. The van der Waals surface area contributed by atoms with Gasteiger partial charge in [0.15, 0.2) is 5.17 Å². The van der Waals surface area contributed by atoms with E-state index in [1.165, 1.54) is 11.8 Å². The van der Waals surface area contributed by atoms with Crippen molar-refractivity contribution < 1.29 is 4.79 Å². The van der Waals surface area contributed by atoms with Crippen LogP contribution in [0.15, 0.2) is 53.5 Å². The largest absolute Gasteiger partial charge is 0.289 e. The Kier molecular flexibility index (Phi) is 5.82. The molecule has 0 atom stereocenters. The predicted molar refractivity (Wildman–Crippen MR) is 102 cm³/mol. The smallest absolute Gasteiger partial charge is 0.233 e. The first kappa shape index (κ1) is 17.3. The number of halogens is 2. The Morgan fingerprint density at radius 3 is 2.71 bits per heavy atom. The fraction of sp³-hybridized carbons (Fsp3) is 0.222. The molecule has 1 amide bonds. The summed E-state index contributed by atoms with van der Waals surface area (Å²) in [5.74, 6) is 0.733. The highest BCUT2D eigenvalue weighted by molar-refractivity contribution is 8.13. The molecule has 2 aromatic rings. The number of amides is 1. The van der Waals surface area contributed by atoms with Crippen LogP contribution in [0.5, 0.6) is 0 Å². The molecule has 0 fully saturated rings. The summed E-state index contributed by atoms with van der Waals surface area (Å²) in [6.07, 6.45) is 0.391. The van der Waals surface area contributed by atoms with Gasteiger partial charge in [-0.1, -0.05) is 71.4 Å². The van der Waals surface area contributed by atoms with Crippen molar-refractivity contribution in [1.82, 2.24) is 4.90 Å². The fourth-order valence-electron chi connectivity index (χ4n) is 2.43. The van der Waals surface area contributed by atoms with Gasteiger partial charge < -0.3 is 0 Å². The van der Waals surface area contributed by atoms with E-state index in [1.807, 2.05) is 42.5 Å². The van der Waals surface area contributed by atoms with Gasteiger partial charge in [0.05, 0.1) is 13.0 Å². The third-order valence-electron chi connectivity index (χ3n) is 3.67. The minimum absolute atomic E-state index is 0.0761. The monoisotopic (exact) mass is 378 g/mol. The summed E-state index contributed by atoms with van der Waals surface area (Å²) in [5.41, 5.74) is 2.00. The summed E-state index contributed by atoms with van der Waals surface area (Å²) < 4.78 is 0. The molecule has 3 nitrogen and oxygen atoms in total. The number of benzene rings is 2. The minimum Gasteiger partial charge on any atom is -0.289 e. The molecule has 0 saturated carbocycles. The molecule has 0 saturated heterocycles. The van der Waals surface area contributed by atoms with Gasteiger partial charge in [0.1, 0.15) is 0 Å². The number of amidine groups is 1. The molecule has 0 aliphatic carbocycles. The highest BCUT2D eigenvalue weighted by atomic mass is 35.5. The van der Waals surface area contributed by atoms with Crippen LogP contribution in [-0.2, 0) is 17.0 Å². The number of hydrogen-bond acceptors (Lipinski definition) is 3. The van der Waals surface area contributed by atoms with Crippen LogP contribution in [-0.4, -0.2) is 29.1 Å². The molecule has 124 valence electrons. The Labute approximate surface area is 155 Å². The first-order valence-electron chi connectivity index (χ1n) is 7.59. The average molecular weight is 379 g/mol. The molecular weight excluding hydrogens is 363 g/mol. The van der Waals surface area contributed by atoms with Crippen molar-refractivity contribution in [3.8, 4) is 0 Å². The molecule has 0 radical (unpaired) electrons. The topological polar surface area (TPSA) is 32.7 Å². The fourth-order valence-corrected chi connectivity index (χ4v) is 4.05. The lowest BCUT2D eigenvalue weighted by molar-refractivity contribution is -0.126. The molecule has 0 aromatic heterocycles. The second-order valence-corrected chi connectivity index (χ2v) is 7.18. The number of aliphatic imine (C=N–C) groups is 1. The van der Waals surface area contributed by atoms with Crippen molar-refractivity contribution in [2.75, 3.05) is 13.1 Å². The SMILES string of the molecule is O=C(Cc1ccccc1)N1CCN=C1SCc1ccc(Cl)cc1Cl. The van der Waals surface area contributed by atoms with Crippen molar-refractivity contribution in [3.05, 3.63) is 69.7 Å². The summed E-state index contributed by atoms with van der Waals surface area (Å²) in [6, 6.07) is 15.2. The summed E-state index contributed by atoms with van der Waals surface area (Å²) >= 11 is 13.7. The van der Waals surface area contributed by atoms with Gasteiger partial charge in [-0.25, -0.2) is 0 Å². The molecular formula is C18H16Cl2N2OS. The van der Waals surface area contributed by atoms with E-state index in [1.54, 1.807) is 11.0 Å². The number of thioether (sulfide) groups is 1. The zero-order chi connectivity index (χ0) is 16.9. The maximum absolute atomic E-state index is 12.5. The molecule has 1 aliphatic rings. The molecule has 6 heteroatoms. The van der Waals surface area contributed by atoms with Crippen LogP contribution in [0.1, 0.15) is 11.1 Å². The van der Waals surface area contributed by atoms with Crippen LogP contribution in [0.25, 0.3) is 0 Å². The molecule has 2 aromatic carbocycles. The van der Waals surface area contributed by atoms with Crippen molar-refractivity contribution >= 4 is 46.0 Å². The van der Waals surface area contributed by atoms with E-state index in [-0.39, 0.29) is 5.91 Å². The van der Waals surface area contributed by atoms with Gasteiger partial charge in [0.25, 0.3) is 0 Å². The number of rotatable bonds is 4. The quantitative estimate of drug-likeness (QED) is 0.774. The van der Waals surface area contributed by atoms with Crippen LogP contribution < -0.4 is 0 Å². The average Bonchev–Trinajstić information content (AvgIpc) is 3.03. The summed E-state index contributed by atoms with van der Waals surface area (Å²) in [4.78, 5) is 18.8. The Morgan fingerprint density at radius 2 is 1.96 bits per heavy atom. The maximum Gasteiger partial charge on any atom is 0.233 e. The second-order valence-electron chi connectivity index (χ2n) is 5.40. The molecule has 1 aliphatic heterocycles. The van der Waals surface area contributed by atoms with Gasteiger partial charge in [0, 0.05) is 22.3 Å². The van der Waals surface area contributed by atoms with Crippen molar-refractivity contribution in [3.63, 3.8) is 0 Å². The molecule has 0 spiro atoms. The molecule has 0 unspecified atom stereocenters. The molecule has 0 bridgehead atoms. The zero-order valence-electron chi connectivity index (χ0n) is 12.9. The van der Waals surface area contributed by atoms with E-state index in [0.29, 0.717) is 35.3 Å². The lowest BCUT2D eigenvalue weighted by Crippen LogP contribution is -2.34. The molecule has 3 rings (SSSR count). The lowest BCUT2D eigenvalue weighted by Gasteiger charge is -2.18. The van der Waals surface area contributed by atoms with E-state index >= 15 is 0 Å². The van der Waals surface area contributed by atoms with Gasteiger partial charge >= 0.3 is 0 Å². The Bertz CT molecular complexity index is 765. The summed E-state index contributed by atoms with van der Waals surface area (Å²) in [7, 11) is 0. The Hall–Kier alpha value is -1.49. The lowest BCUT2D eigenvalue weighted by atomic mass is 10.1. The number of carbonyl (C=O) groups is 1. The number of nitrogens with zero attached hydrogens (tertiary/aromatic N) is 2. The molecule has 24 heavy (non-hydrogen) atoms. The van der Waals surface area contributed by atoms with Crippen LogP contribution in [0.4, 0.5) is 0 Å². The second kappa shape index (κ2) is 8.06. The van der Waals surface area contributed by atoms with Crippen LogP contribution >= 0.6 is 35.0 Å². The first-order chi connectivity index (χ1) is 11.6. The van der Waals surface area contributed by atoms with E-state index < -0.39 is 0 Å². The van der Waals surface area contributed by atoms with Gasteiger partial charge in [-0.05, 0) is 23.3 Å².